The molecule has 1 aliphatic carbocycles. The van der Waals surface area contributed by atoms with Gasteiger partial charge < -0.3 is 38.8 Å². The molecule has 1 saturated carbocycles. The van der Waals surface area contributed by atoms with Gasteiger partial charge in [0, 0.05) is 31.1 Å². The van der Waals surface area contributed by atoms with Crippen LogP contribution < -0.4 is 24.3 Å². The van der Waals surface area contributed by atoms with Crippen LogP contribution in [0.2, 0.25) is 0 Å². The maximum absolute atomic E-state index is 13.6. The lowest BCUT2D eigenvalue weighted by molar-refractivity contribution is -0.137. The molecule has 11 heteroatoms. The molecule has 4 aliphatic heterocycles. The zero-order valence-corrected chi connectivity index (χ0v) is 25.0. The third-order valence-corrected chi connectivity index (χ3v) is 8.59. The fourth-order valence-corrected chi connectivity index (χ4v) is 6.05. The Labute approximate surface area is 260 Å². The van der Waals surface area contributed by atoms with Gasteiger partial charge in [-0.15, -0.1) is 0 Å². The number of likely N-dealkylation sites (tertiary alicyclic amines) is 1. The molecule has 3 amide bonds. The normalized spacial score (nSPS) is 21.7. The molecule has 1 saturated heterocycles. The van der Waals surface area contributed by atoms with Crippen LogP contribution in [0.3, 0.4) is 0 Å². The topological polar surface area (TPSA) is 116 Å². The number of aryl methyl sites for hydroxylation is 1. The van der Waals surface area contributed by atoms with E-state index in [9.17, 15) is 14.4 Å². The summed E-state index contributed by atoms with van der Waals surface area (Å²) >= 11 is 0. The van der Waals surface area contributed by atoms with E-state index in [0.717, 1.165) is 24.0 Å². The maximum Gasteiger partial charge on any atom is 0.254 e. The smallest absolute Gasteiger partial charge is 0.254 e. The molecule has 0 spiro atoms. The summed E-state index contributed by atoms with van der Waals surface area (Å²) in [7, 11) is 1.59. The minimum atomic E-state index is -0.476. The monoisotopic (exact) mass is 613 g/mol. The Morgan fingerprint density at radius 3 is 2.60 bits per heavy atom. The fraction of sp³-hybridized carbons (Fsp3) is 0.382. The molecule has 0 radical (unpaired) electrons. The van der Waals surface area contributed by atoms with Crippen LogP contribution in [0.5, 0.6) is 28.7 Å². The number of ether oxygens (including phenoxy) is 5. The van der Waals surface area contributed by atoms with Crippen LogP contribution in [0.25, 0.3) is 0 Å². The van der Waals surface area contributed by atoms with Crippen LogP contribution >= 0.6 is 0 Å². The Morgan fingerprint density at radius 2 is 1.76 bits per heavy atom. The molecule has 5 aliphatic rings. The Hall–Kier alpha value is -4.77. The number of benzene rings is 3. The highest BCUT2D eigenvalue weighted by molar-refractivity contribution is 5.95. The minimum absolute atomic E-state index is 0.0407. The zero-order valence-electron chi connectivity index (χ0n) is 25.0. The third kappa shape index (κ3) is 6.39. The van der Waals surface area contributed by atoms with Crippen LogP contribution in [-0.2, 0) is 27.4 Å². The molecular formula is C34H35N3O8. The van der Waals surface area contributed by atoms with E-state index >= 15 is 0 Å². The van der Waals surface area contributed by atoms with E-state index in [1.165, 1.54) is 0 Å². The molecule has 0 unspecified atom stereocenters. The highest BCUT2D eigenvalue weighted by Gasteiger charge is 2.39. The van der Waals surface area contributed by atoms with Gasteiger partial charge in [-0.1, -0.05) is 18.2 Å². The van der Waals surface area contributed by atoms with E-state index in [1.54, 1.807) is 35.1 Å². The first-order valence-corrected chi connectivity index (χ1v) is 15.3. The first-order valence-electron chi connectivity index (χ1n) is 15.3. The van der Waals surface area contributed by atoms with Crippen molar-refractivity contribution < 1.29 is 38.1 Å². The highest BCUT2D eigenvalue weighted by atomic mass is 16.7. The van der Waals surface area contributed by atoms with Crippen molar-refractivity contribution >= 4 is 17.7 Å². The van der Waals surface area contributed by atoms with Crippen LogP contribution in [0.1, 0.15) is 40.7 Å². The summed E-state index contributed by atoms with van der Waals surface area (Å²) in [5.74, 6) is 2.33. The molecule has 1 N–H and O–H groups in total. The number of fused-ring (bicyclic) bond motifs is 10. The van der Waals surface area contributed by atoms with E-state index in [-0.39, 0.29) is 63.2 Å². The van der Waals surface area contributed by atoms with E-state index < -0.39 is 12.1 Å². The van der Waals surface area contributed by atoms with Crippen molar-refractivity contribution in [2.45, 2.75) is 50.5 Å². The highest BCUT2D eigenvalue weighted by Crippen LogP contribution is 2.35. The largest absolute Gasteiger partial charge is 0.493 e. The predicted molar refractivity (Wildman–Crippen MR) is 162 cm³/mol. The van der Waals surface area contributed by atoms with Gasteiger partial charge in [0.1, 0.15) is 5.75 Å². The lowest BCUT2D eigenvalue weighted by Crippen LogP contribution is -2.49. The summed E-state index contributed by atoms with van der Waals surface area (Å²) in [4.78, 5) is 43.7. The summed E-state index contributed by atoms with van der Waals surface area (Å²) in [6.45, 7) is 0.859. The number of nitrogens with one attached hydrogen (secondary N) is 1. The number of carbonyl (C=O) groups excluding carboxylic acids is 3. The number of rotatable bonds is 3. The van der Waals surface area contributed by atoms with Gasteiger partial charge in [-0.25, -0.2) is 0 Å². The first kappa shape index (κ1) is 29.0. The van der Waals surface area contributed by atoms with Gasteiger partial charge >= 0.3 is 0 Å². The van der Waals surface area contributed by atoms with Crippen molar-refractivity contribution in [3.63, 3.8) is 0 Å². The van der Waals surface area contributed by atoms with Crippen molar-refractivity contribution in [1.82, 2.24) is 15.1 Å². The van der Waals surface area contributed by atoms with E-state index in [1.807, 2.05) is 42.5 Å². The fourth-order valence-electron chi connectivity index (χ4n) is 6.05. The molecular weight excluding hydrogens is 578 g/mol. The number of hydrogen-bond acceptors (Lipinski definition) is 8. The van der Waals surface area contributed by atoms with Gasteiger partial charge in [-0.05, 0) is 72.9 Å². The van der Waals surface area contributed by atoms with Gasteiger partial charge in [0.15, 0.2) is 23.0 Å². The van der Waals surface area contributed by atoms with Crippen LogP contribution in [-0.4, -0.2) is 79.2 Å². The number of hydrogen-bond donors (Lipinski definition) is 1. The number of amides is 3. The van der Waals surface area contributed by atoms with E-state index in [4.69, 9.17) is 23.7 Å². The Bertz CT molecular complexity index is 1620. The molecule has 2 fully saturated rings. The average molecular weight is 614 g/mol. The lowest BCUT2D eigenvalue weighted by atomic mass is 10.1. The summed E-state index contributed by atoms with van der Waals surface area (Å²) in [6.07, 6.45) is 2.05. The van der Waals surface area contributed by atoms with Crippen LogP contribution in [0.15, 0.2) is 60.7 Å². The van der Waals surface area contributed by atoms with Gasteiger partial charge in [0.05, 0.1) is 32.4 Å². The van der Waals surface area contributed by atoms with Crippen molar-refractivity contribution in [1.29, 1.82) is 0 Å². The summed E-state index contributed by atoms with van der Waals surface area (Å²) in [5.41, 5.74) is 2.27. The van der Waals surface area contributed by atoms with Gasteiger partial charge in [0.25, 0.3) is 5.91 Å². The van der Waals surface area contributed by atoms with Crippen LogP contribution in [0.4, 0.5) is 0 Å². The number of nitrogens with zero attached hydrogens (tertiary/aromatic N) is 2. The molecule has 234 valence electrons. The van der Waals surface area contributed by atoms with Crippen molar-refractivity contribution in [3.05, 3.63) is 77.4 Å². The summed E-state index contributed by atoms with van der Waals surface area (Å²) in [6, 6.07) is 17.9. The minimum Gasteiger partial charge on any atom is -0.493 e. The number of carbonyl (C=O) groups is 3. The van der Waals surface area contributed by atoms with Crippen LogP contribution in [0, 0.1) is 0 Å². The predicted octanol–water partition coefficient (Wildman–Crippen LogP) is 3.68. The summed E-state index contributed by atoms with van der Waals surface area (Å²) in [5, 5.41) is 3.08. The second-order valence-corrected chi connectivity index (χ2v) is 11.8. The Balaban J connectivity index is 1.15. The molecule has 4 heterocycles. The average Bonchev–Trinajstić information content (AvgIpc) is 3.65. The standard InChI is InChI=1S/C34H35N3O8/c1-41-29-14-21-5-10-28(29)45-25-4-2-3-22(13-25)19-42-31-17-36(34(40)23-7-11-27-30(15-23)44-20-43-27)16-26(31)35-32(38)18-37(24-8-9-24)33(39)12-6-21/h2-5,7,10-11,13-15,24,26,31H,6,8-9,12,16-20H2,1H3,(H,35,38)/t26-,31-/m0/s1. The van der Waals surface area contributed by atoms with Gasteiger partial charge in [0.2, 0.25) is 18.6 Å². The lowest BCUT2D eigenvalue weighted by Gasteiger charge is -2.25. The first-order chi connectivity index (χ1) is 21.9. The van der Waals surface area contributed by atoms with E-state index in [0.29, 0.717) is 40.7 Å². The Morgan fingerprint density at radius 1 is 0.911 bits per heavy atom. The molecule has 4 bridgehead atoms. The second-order valence-electron chi connectivity index (χ2n) is 11.8. The quantitative estimate of drug-likeness (QED) is 0.476. The van der Waals surface area contributed by atoms with Gasteiger partial charge in [-0.3, -0.25) is 14.4 Å². The van der Waals surface area contributed by atoms with Crippen molar-refractivity contribution in [2.24, 2.45) is 0 Å². The second kappa shape index (κ2) is 12.3. The molecule has 0 aromatic heterocycles. The van der Waals surface area contributed by atoms with E-state index in [2.05, 4.69) is 5.32 Å². The maximum atomic E-state index is 13.6. The zero-order chi connectivity index (χ0) is 30.9. The SMILES string of the molecule is COc1cc2ccc1Oc1cccc(c1)CO[C@H]1CN(C(=O)c3ccc4c(c3)OCO4)C[C@@H]1NC(=O)CN(C1CC1)C(=O)CC2. The summed E-state index contributed by atoms with van der Waals surface area (Å²) < 4.78 is 29.0. The molecule has 8 rings (SSSR count). The molecule has 11 nitrogen and oxygen atoms in total. The molecule has 45 heavy (non-hydrogen) atoms. The molecule has 3 aromatic rings. The van der Waals surface area contributed by atoms with Gasteiger partial charge in [-0.2, -0.15) is 0 Å². The molecule has 3 aromatic carbocycles. The Kier molecular flexibility index (Phi) is 7.93. The van der Waals surface area contributed by atoms with Crippen molar-refractivity contribution in [3.8, 4) is 28.7 Å². The molecule has 2 atom stereocenters. The number of methoxy groups -OCH3 is 1. The third-order valence-electron chi connectivity index (χ3n) is 8.59. The van der Waals surface area contributed by atoms with Crippen molar-refractivity contribution in [2.75, 3.05) is 33.5 Å².